The number of likely N-dealkylation sites (N-methyl/N-ethyl adjacent to an activating group) is 1. The molecule has 0 aliphatic rings. The molecule has 1 amide bonds. The van der Waals surface area contributed by atoms with E-state index < -0.39 is 5.82 Å². The van der Waals surface area contributed by atoms with Crippen molar-refractivity contribution >= 4 is 34.7 Å². The number of amides is 1. The second-order valence-electron chi connectivity index (χ2n) is 6.78. The zero-order valence-corrected chi connectivity index (χ0v) is 17.7. The molecule has 1 aromatic heterocycles. The number of carbonyl (C=O) groups is 1. The van der Waals surface area contributed by atoms with Gasteiger partial charge in [-0.25, -0.2) is 14.4 Å². The Kier molecular flexibility index (Phi) is 7.53. The van der Waals surface area contributed by atoms with Crippen LogP contribution in [-0.2, 0) is 4.79 Å². The standard InChI is InChI=1S/C22H21ClFN5O2/c1-29(2)10-4-7-21(30)28-16-6-3-5-15(11-16)27-20-13-22(26-14-25-20)31-17-8-9-19(24)18(23)12-17/h3-9,11-14H,10H2,1-2H3,(H,28,30)(H,25,26,27). The molecule has 9 heteroatoms. The molecular weight excluding hydrogens is 421 g/mol. The summed E-state index contributed by atoms with van der Waals surface area (Å²) in [5.41, 5.74) is 1.35. The summed E-state index contributed by atoms with van der Waals surface area (Å²) in [7, 11) is 3.85. The van der Waals surface area contributed by atoms with E-state index in [9.17, 15) is 9.18 Å². The lowest BCUT2D eigenvalue weighted by Gasteiger charge is -2.10. The molecule has 0 radical (unpaired) electrons. The molecule has 31 heavy (non-hydrogen) atoms. The number of hydrogen-bond acceptors (Lipinski definition) is 6. The molecule has 0 bridgehead atoms. The predicted octanol–water partition coefficient (Wildman–Crippen LogP) is 4.86. The van der Waals surface area contributed by atoms with Crippen molar-refractivity contribution in [1.29, 1.82) is 0 Å². The molecule has 7 nitrogen and oxygen atoms in total. The van der Waals surface area contributed by atoms with Gasteiger partial charge in [-0.2, -0.15) is 0 Å². The molecule has 2 aromatic carbocycles. The molecule has 0 unspecified atom stereocenters. The molecule has 3 aromatic rings. The normalized spacial score (nSPS) is 11.0. The first-order chi connectivity index (χ1) is 14.9. The third kappa shape index (κ3) is 7.06. The van der Waals surface area contributed by atoms with Gasteiger partial charge in [-0.3, -0.25) is 4.79 Å². The maximum Gasteiger partial charge on any atom is 0.248 e. The second kappa shape index (κ2) is 10.5. The Labute approximate surface area is 184 Å². The fraction of sp³-hybridized carbons (Fsp3) is 0.136. The monoisotopic (exact) mass is 441 g/mol. The van der Waals surface area contributed by atoms with Gasteiger partial charge in [0.1, 0.15) is 23.7 Å². The summed E-state index contributed by atoms with van der Waals surface area (Å²) in [6, 6.07) is 12.8. The van der Waals surface area contributed by atoms with Crippen molar-refractivity contribution in [2.24, 2.45) is 0 Å². The lowest BCUT2D eigenvalue weighted by atomic mass is 10.2. The first-order valence-electron chi connectivity index (χ1n) is 9.33. The average molecular weight is 442 g/mol. The number of anilines is 3. The molecule has 3 rings (SSSR count). The van der Waals surface area contributed by atoms with Gasteiger partial charge in [-0.15, -0.1) is 0 Å². The zero-order valence-electron chi connectivity index (χ0n) is 17.0. The number of hydrogen-bond donors (Lipinski definition) is 2. The summed E-state index contributed by atoms with van der Waals surface area (Å²) < 4.78 is 18.9. The maximum atomic E-state index is 13.3. The molecule has 0 saturated carbocycles. The first-order valence-corrected chi connectivity index (χ1v) is 9.71. The van der Waals surface area contributed by atoms with Crippen LogP contribution in [0.3, 0.4) is 0 Å². The van der Waals surface area contributed by atoms with Gasteiger partial charge in [-0.1, -0.05) is 23.7 Å². The minimum Gasteiger partial charge on any atom is -0.439 e. The van der Waals surface area contributed by atoms with Crippen molar-refractivity contribution < 1.29 is 13.9 Å². The van der Waals surface area contributed by atoms with Crippen LogP contribution >= 0.6 is 11.6 Å². The van der Waals surface area contributed by atoms with Crippen LogP contribution in [0.1, 0.15) is 0 Å². The Balaban J connectivity index is 1.65. The topological polar surface area (TPSA) is 79.4 Å². The third-order valence-corrected chi connectivity index (χ3v) is 4.19. The second-order valence-corrected chi connectivity index (χ2v) is 7.19. The number of carbonyl (C=O) groups excluding carboxylic acids is 1. The van der Waals surface area contributed by atoms with Gasteiger partial charge in [0.05, 0.1) is 5.02 Å². The highest BCUT2D eigenvalue weighted by Crippen LogP contribution is 2.26. The van der Waals surface area contributed by atoms with Crippen molar-refractivity contribution in [1.82, 2.24) is 14.9 Å². The molecule has 0 spiro atoms. The van der Waals surface area contributed by atoms with E-state index in [1.165, 1.54) is 30.6 Å². The van der Waals surface area contributed by atoms with Crippen LogP contribution in [-0.4, -0.2) is 41.4 Å². The van der Waals surface area contributed by atoms with Crippen molar-refractivity contribution in [2.45, 2.75) is 0 Å². The van der Waals surface area contributed by atoms with Gasteiger partial charge in [0, 0.05) is 36.1 Å². The van der Waals surface area contributed by atoms with E-state index in [-0.39, 0.29) is 16.8 Å². The van der Waals surface area contributed by atoms with Crippen molar-refractivity contribution in [2.75, 3.05) is 31.3 Å². The van der Waals surface area contributed by atoms with Crippen LogP contribution in [0.25, 0.3) is 0 Å². The van der Waals surface area contributed by atoms with Gasteiger partial charge in [0.2, 0.25) is 11.8 Å². The minimum absolute atomic E-state index is 0.0414. The number of rotatable bonds is 8. The Morgan fingerprint density at radius 3 is 2.74 bits per heavy atom. The van der Waals surface area contributed by atoms with E-state index in [0.29, 0.717) is 29.5 Å². The summed E-state index contributed by atoms with van der Waals surface area (Å²) in [4.78, 5) is 22.2. The molecule has 0 saturated heterocycles. The Hall–Kier alpha value is -3.49. The van der Waals surface area contributed by atoms with Gasteiger partial charge in [0.15, 0.2) is 0 Å². The Morgan fingerprint density at radius 1 is 1.16 bits per heavy atom. The summed E-state index contributed by atoms with van der Waals surface area (Å²) in [6.07, 6.45) is 4.62. The van der Waals surface area contributed by atoms with Crippen molar-refractivity contribution in [3.05, 3.63) is 77.9 Å². The maximum absolute atomic E-state index is 13.3. The number of aromatic nitrogens is 2. The van der Waals surface area contributed by atoms with E-state index in [4.69, 9.17) is 16.3 Å². The average Bonchev–Trinajstić information content (AvgIpc) is 2.71. The van der Waals surface area contributed by atoms with Crippen LogP contribution in [0.2, 0.25) is 5.02 Å². The number of halogens is 2. The molecule has 0 fully saturated rings. The third-order valence-electron chi connectivity index (χ3n) is 3.90. The fourth-order valence-corrected chi connectivity index (χ4v) is 2.67. The highest BCUT2D eigenvalue weighted by atomic mass is 35.5. The quantitative estimate of drug-likeness (QED) is 0.486. The summed E-state index contributed by atoms with van der Waals surface area (Å²) in [6.45, 7) is 0.678. The summed E-state index contributed by atoms with van der Waals surface area (Å²) in [5.74, 6) is 0.347. The minimum atomic E-state index is -0.528. The highest BCUT2D eigenvalue weighted by Gasteiger charge is 2.06. The molecule has 160 valence electrons. The van der Waals surface area contributed by atoms with E-state index in [1.807, 2.05) is 25.1 Å². The zero-order chi connectivity index (χ0) is 22.2. The molecule has 1 heterocycles. The first kappa shape index (κ1) is 22.2. The Morgan fingerprint density at radius 2 is 1.97 bits per heavy atom. The van der Waals surface area contributed by atoms with Gasteiger partial charge >= 0.3 is 0 Å². The van der Waals surface area contributed by atoms with Crippen LogP contribution in [0.15, 0.2) is 67.0 Å². The summed E-state index contributed by atoms with van der Waals surface area (Å²) >= 11 is 5.77. The van der Waals surface area contributed by atoms with E-state index in [2.05, 4.69) is 20.6 Å². The number of nitrogens with zero attached hydrogens (tertiary/aromatic N) is 3. The fourth-order valence-electron chi connectivity index (χ4n) is 2.50. The highest BCUT2D eigenvalue weighted by molar-refractivity contribution is 6.30. The largest absolute Gasteiger partial charge is 0.439 e. The summed E-state index contributed by atoms with van der Waals surface area (Å²) in [5, 5.41) is 5.90. The van der Waals surface area contributed by atoms with Gasteiger partial charge in [0.25, 0.3) is 0 Å². The number of ether oxygens (including phenoxy) is 1. The van der Waals surface area contributed by atoms with Crippen molar-refractivity contribution in [3.63, 3.8) is 0 Å². The van der Waals surface area contributed by atoms with Crippen LogP contribution < -0.4 is 15.4 Å². The molecule has 0 atom stereocenters. The van der Waals surface area contributed by atoms with Gasteiger partial charge < -0.3 is 20.3 Å². The van der Waals surface area contributed by atoms with Gasteiger partial charge in [-0.05, 0) is 44.4 Å². The van der Waals surface area contributed by atoms with Crippen LogP contribution in [0.4, 0.5) is 21.6 Å². The van der Waals surface area contributed by atoms with E-state index in [0.717, 1.165) is 0 Å². The molecular formula is C22H21ClFN5O2. The van der Waals surface area contributed by atoms with E-state index in [1.54, 1.807) is 30.3 Å². The van der Waals surface area contributed by atoms with Crippen molar-refractivity contribution in [3.8, 4) is 11.6 Å². The van der Waals surface area contributed by atoms with Crippen LogP contribution in [0, 0.1) is 5.82 Å². The Bertz CT molecular complexity index is 1090. The van der Waals surface area contributed by atoms with Crippen LogP contribution in [0.5, 0.6) is 11.6 Å². The lowest BCUT2D eigenvalue weighted by molar-refractivity contribution is -0.111. The number of nitrogens with one attached hydrogen (secondary N) is 2. The predicted molar refractivity (Wildman–Crippen MR) is 120 cm³/mol. The molecule has 2 N–H and O–H groups in total. The number of benzene rings is 2. The smallest absolute Gasteiger partial charge is 0.248 e. The van der Waals surface area contributed by atoms with E-state index >= 15 is 0 Å². The SMILES string of the molecule is CN(C)CC=CC(=O)Nc1cccc(Nc2cc(Oc3ccc(F)c(Cl)c3)ncn2)c1. The molecule has 0 aliphatic carbocycles. The molecule has 0 aliphatic heterocycles. The lowest BCUT2D eigenvalue weighted by Crippen LogP contribution is -2.12.